The van der Waals surface area contributed by atoms with Crippen molar-refractivity contribution in [1.82, 2.24) is 0 Å². The smallest absolute Gasteiger partial charge is 0.143 e. The maximum Gasteiger partial charge on any atom is 0.143 e. The van der Waals surface area contributed by atoms with Crippen LogP contribution in [-0.4, -0.2) is 6.04 Å². The van der Waals surface area contributed by atoms with Gasteiger partial charge in [-0.25, -0.2) is 8.78 Å². The zero-order chi connectivity index (χ0) is 11.7. The molecule has 1 aliphatic rings. The van der Waals surface area contributed by atoms with Crippen molar-refractivity contribution in [3.05, 3.63) is 33.8 Å². The van der Waals surface area contributed by atoms with Crippen molar-refractivity contribution < 1.29 is 8.78 Å². The number of rotatable bonds is 3. The lowest BCUT2D eigenvalue weighted by molar-refractivity contribution is 0.258. The second kappa shape index (κ2) is 4.80. The molecule has 1 saturated carbocycles. The normalized spacial score (nSPS) is 18.2. The number of hydrogen-bond donors (Lipinski definition) is 1. The maximum absolute atomic E-state index is 13.7. The van der Waals surface area contributed by atoms with Crippen LogP contribution in [0.25, 0.3) is 0 Å². The lowest BCUT2D eigenvalue weighted by atomic mass is 9.78. The third-order valence-corrected chi connectivity index (χ3v) is 3.95. The number of hydrogen-bond acceptors (Lipinski definition) is 1. The molecule has 2 N–H and O–H groups in total. The zero-order valence-electron chi connectivity index (χ0n) is 8.85. The van der Waals surface area contributed by atoms with Crippen molar-refractivity contribution >= 4 is 15.9 Å². The van der Waals surface area contributed by atoms with Crippen molar-refractivity contribution in [3.63, 3.8) is 0 Å². The van der Waals surface area contributed by atoms with Crippen LogP contribution in [0.1, 0.15) is 24.8 Å². The van der Waals surface area contributed by atoms with Crippen LogP contribution in [-0.2, 0) is 6.42 Å². The van der Waals surface area contributed by atoms with Crippen LogP contribution in [0.4, 0.5) is 8.78 Å². The first kappa shape index (κ1) is 12.0. The standard InChI is InChI=1S/C12H14BrF2N/c13-9-4-5-10(14)8(12(9)15)6-11(16)7-2-1-3-7/h4-5,7,11H,1-3,6,16H2. The Hall–Kier alpha value is -0.480. The second-order valence-electron chi connectivity index (χ2n) is 4.38. The van der Waals surface area contributed by atoms with Crippen LogP contribution in [0.2, 0.25) is 0 Å². The predicted octanol–water partition coefficient (Wildman–Crippen LogP) is 3.40. The van der Waals surface area contributed by atoms with Crippen LogP contribution in [0.5, 0.6) is 0 Å². The first-order valence-corrected chi connectivity index (χ1v) is 6.27. The summed E-state index contributed by atoms with van der Waals surface area (Å²) in [6.07, 6.45) is 3.63. The van der Waals surface area contributed by atoms with E-state index in [4.69, 9.17) is 5.73 Å². The van der Waals surface area contributed by atoms with Crippen LogP contribution >= 0.6 is 15.9 Å². The van der Waals surface area contributed by atoms with Gasteiger partial charge in [-0.2, -0.15) is 0 Å². The molecule has 0 amide bonds. The molecule has 1 atom stereocenters. The molecule has 88 valence electrons. The summed E-state index contributed by atoms with van der Waals surface area (Å²) in [5.41, 5.74) is 6.06. The van der Waals surface area contributed by atoms with Gasteiger partial charge < -0.3 is 5.73 Å². The molecule has 16 heavy (non-hydrogen) atoms. The Morgan fingerprint density at radius 1 is 1.38 bits per heavy atom. The molecule has 4 heteroatoms. The van der Waals surface area contributed by atoms with E-state index in [0.717, 1.165) is 12.8 Å². The highest BCUT2D eigenvalue weighted by molar-refractivity contribution is 9.10. The fourth-order valence-electron chi connectivity index (χ4n) is 2.03. The zero-order valence-corrected chi connectivity index (χ0v) is 10.4. The summed E-state index contributed by atoms with van der Waals surface area (Å²) in [5.74, 6) is -0.594. The van der Waals surface area contributed by atoms with Crippen LogP contribution in [0, 0.1) is 17.6 Å². The van der Waals surface area contributed by atoms with Crippen molar-refractivity contribution in [1.29, 1.82) is 0 Å². The van der Waals surface area contributed by atoms with E-state index in [9.17, 15) is 8.78 Å². The Morgan fingerprint density at radius 2 is 2.06 bits per heavy atom. The Labute approximate surface area is 102 Å². The van der Waals surface area contributed by atoms with Crippen LogP contribution in [0.15, 0.2) is 16.6 Å². The van der Waals surface area contributed by atoms with Gasteiger partial charge in [0.25, 0.3) is 0 Å². The molecular formula is C12H14BrF2N. The minimum Gasteiger partial charge on any atom is -0.327 e. The Balaban J connectivity index is 2.16. The molecule has 1 nitrogen and oxygen atoms in total. The van der Waals surface area contributed by atoms with E-state index >= 15 is 0 Å². The third-order valence-electron chi connectivity index (χ3n) is 3.33. The van der Waals surface area contributed by atoms with Gasteiger partial charge >= 0.3 is 0 Å². The van der Waals surface area contributed by atoms with E-state index in [-0.39, 0.29) is 18.0 Å². The average Bonchev–Trinajstić information content (AvgIpc) is 2.16. The average molecular weight is 290 g/mol. The van der Waals surface area contributed by atoms with Crippen LogP contribution < -0.4 is 5.73 Å². The van der Waals surface area contributed by atoms with E-state index in [1.165, 1.54) is 18.6 Å². The lowest BCUT2D eigenvalue weighted by Crippen LogP contribution is -2.36. The molecule has 1 aliphatic carbocycles. The summed E-state index contributed by atoms with van der Waals surface area (Å²) in [6.45, 7) is 0. The summed E-state index contributed by atoms with van der Waals surface area (Å²) < 4.78 is 27.4. The number of nitrogens with two attached hydrogens (primary N) is 1. The predicted molar refractivity (Wildman–Crippen MR) is 63.1 cm³/mol. The fraction of sp³-hybridized carbons (Fsp3) is 0.500. The third kappa shape index (κ3) is 2.28. The van der Waals surface area contributed by atoms with E-state index in [0.29, 0.717) is 10.4 Å². The molecule has 0 aromatic heterocycles. The van der Waals surface area contributed by atoms with Gasteiger partial charge in [0.15, 0.2) is 0 Å². The molecular weight excluding hydrogens is 276 g/mol. The maximum atomic E-state index is 13.7. The Morgan fingerprint density at radius 3 is 2.62 bits per heavy atom. The Bertz CT molecular complexity index is 391. The van der Waals surface area contributed by atoms with Crippen molar-refractivity contribution in [2.45, 2.75) is 31.7 Å². The SMILES string of the molecule is NC(Cc1c(F)ccc(Br)c1F)C1CCC1. The van der Waals surface area contributed by atoms with E-state index in [1.807, 2.05) is 0 Å². The van der Waals surface area contributed by atoms with Gasteiger partial charge in [-0.1, -0.05) is 6.42 Å². The summed E-state index contributed by atoms with van der Waals surface area (Å²) in [4.78, 5) is 0. The highest BCUT2D eigenvalue weighted by atomic mass is 79.9. The molecule has 1 fully saturated rings. The summed E-state index contributed by atoms with van der Waals surface area (Å²) in [6, 6.07) is 2.52. The Kier molecular flexibility index (Phi) is 3.60. The van der Waals surface area contributed by atoms with Crippen molar-refractivity contribution in [2.24, 2.45) is 11.7 Å². The van der Waals surface area contributed by atoms with E-state index < -0.39 is 11.6 Å². The molecule has 0 saturated heterocycles. The lowest BCUT2D eigenvalue weighted by Gasteiger charge is -2.31. The van der Waals surface area contributed by atoms with Gasteiger partial charge in [0.05, 0.1) is 4.47 Å². The molecule has 1 unspecified atom stereocenters. The highest BCUT2D eigenvalue weighted by Crippen LogP contribution is 2.31. The van der Waals surface area contributed by atoms with E-state index in [1.54, 1.807) is 0 Å². The first-order chi connectivity index (χ1) is 7.59. The molecule has 0 aliphatic heterocycles. The van der Waals surface area contributed by atoms with Gasteiger partial charge in [0, 0.05) is 11.6 Å². The number of benzene rings is 1. The van der Waals surface area contributed by atoms with Crippen molar-refractivity contribution in [2.75, 3.05) is 0 Å². The molecule has 2 rings (SSSR count). The molecule has 0 radical (unpaired) electrons. The fourth-order valence-corrected chi connectivity index (χ4v) is 2.40. The second-order valence-corrected chi connectivity index (χ2v) is 5.24. The monoisotopic (exact) mass is 289 g/mol. The molecule has 0 spiro atoms. The number of halogens is 3. The molecule has 0 heterocycles. The summed E-state index contributed by atoms with van der Waals surface area (Å²) in [5, 5.41) is 0. The van der Waals surface area contributed by atoms with Gasteiger partial charge in [-0.3, -0.25) is 0 Å². The molecule has 1 aromatic rings. The highest BCUT2D eigenvalue weighted by Gasteiger charge is 2.26. The van der Waals surface area contributed by atoms with E-state index in [2.05, 4.69) is 15.9 Å². The minimum atomic E-state index is -0.519. The van der Waals surface area contributed by atoms with Crippen LogP contribution in [0.3, 0.4) is 0 Å². The molecule has 0 bridgehead atoms. The van der Waals surface area contributed by atoms with Gasteiger partial charge in [0.2, 0.25) is 0 Å². The quantitative estimate of drug-likeness (QED) is 0.848. The van der Waals surface area contributed by atoms with Gasteiger partial charge in [-0.15, -0.1) is 0 Å². The van der Waals surface area contributed by atoms with Crippen molar-refractivity contribution in [3.8, 4) is 0 Å². The summed E-state index contributed by atoms with van der Waals surface area (Å²) in [7, 11) is 0. The first-order valence-electron chi connectivity index (χ1n) is 5.47. The summed E-state index contributed by atoms with van der Waals surface area (Å²) >= 11 is 3.06. The van der Waals surface area contributed by atoms with Gasteiger partial charge in [-0.05, 0) is 53.2 Å². The largest absolute Gasteiger partial charge is 0.327 e. The van der Waals surface area contributed by atoms with Gasteiger partial charge in [0.1, 0.15) is 11.6 Å². The topological polar surface area (TPSA) is 26.0 Å². The molecule has 1 aromatic carbocycles. The minimum absolute atomic E-state index is 0.105.